The van der Waals surface area contributed by atoms with Crippen molar-refractivity contribution in [3.63, 3.8) is 0 Å². The van der Waals surface area contributed by atoms with E-state index in [1.54, 1.807) is 28.4 Å². The highest BCUT2D eigenvalue weighted by atomic mass is 32.1. The Balaban J connectivity index is 1.48. The lowest BCUT2D eigenvalue weighted by Crippen LogP contribution is -2.42. The van der Waals surface area contributed by atoms with Gasteiger partial charge in [-0.3, -0.25) is 9.59 Å². The summed E-state index contributed by atoms with van der Waals surface area (Å²) in [6.07, 6.45) is 4.87. The molecule has 7 heteroatoms. The first-order chi connectivity index (χ1) is 16.6. The quantitative estimate of drug-likeness (QED) is 0.315. The third-order valence-corrected chi connectivity index (χ3v) is 6.16. The third-order valence-electron chi connectivity index (χ3n) is 5.30. The second kappa shape index (κ2) is 11.3. The van der Waals surface area contributed by atoms with Crippen LogP contribution >= 0.6 is 11.3 Å². The van der Waals surface area contributed by atoms with Crippen LogP contribution in [0.25, 0.3) is 6.08 Å². The first kappa shape index (κ1) is 23.3. The first-order valence-corrected chi connectivity index (χ1v) is 11.8. The van der Waals surface area contributed by atoms with E-state index in [0.717, 1.165) is 16.0 Å². The van der Waals surface area contributed by atoms with Crippen molar-refractivity contribution >= 4 is 29.2 Å². The van der Waals surface area contributed by atoms with E-state index in [2.05, 4.69) is 6.58 Å². The Morgan fingerprint density at radius 1 is 0.971 bits per heavy atom. The summed E-state index contributed by atoms with van der Waals surface area (Å²) >= 11 is 1.59. The van der Waals surface area contributed by atoms with E-state index >= 15 is 0 Å². The number of thiophene rings is 1. The lowest BCUT2D eigenvalue weighted by atomic mass is 10.2. The average molecular weight is 475 g/mol. The number of carbonyl (C=O) groups is 2. The van der Waals surface area contributed by atoms with E-state index in [0.29, 0.717) is 24.6 Å². The van der Waals surface area contributed by atoms with Crippen LogP contribution in [0.2, 0.25) is 0 Å². The second-order valence-electron chi connectivity index (χ2n) is 7.77. The van der Waals surface area contributed by atoms with Gasteiger partial charge in [0.05, 0.1) is 6.54 Å². The number of hydrogen-bond donors (Lipinski definition) is 0. The normalized spacial score (nSPS) is 12.0. The zero-order chi connectivity index (χ0) is 23.8. The van der Waals surface area contributed by atoms with Crippen molar-refractivity contribution in [3.8, 4) is 11.5 Å². The van der Waals surface area contributed by atoms with Crippen LogP contribution in [0.4, 0.5) is 0 Å². The molecule has 0 fully saturated rings. The number of benzene rings is 2. The van der Waals surface area contributed by atoms with Crippen LogP contribution in [0.15, 0.2) is 84.8 Å². The molecule has 174 valence electrons. The maximum Gasteiger partial charge on any atom is 0.247 e. The summed E-state index contributed by atoms with van der Waals surface area (Å²) in [4.78, 5) is 30.6. The highest BCUT2D eigenvalue weighted by molar-refractivity contribution is 7.09. The maximum atomic E-state index is 13.4. The minimum atomic E-state index is -0.240. The van der Waals surface area contributed by atoms with Crippen molar-refractivity contribution in [1.29, 1.82) is 0 Å². The fourth-order valence-electron chi connectivity index (χ4n) is 3.57. The molecule has 0 saturated heterocycles. The van der Waals surface area contributed by atoms with Crippen LogP contribution in [0, 0.1) is 0 Å². The van der Waals surface area contributed by atoms with Gasteiger partial charge in [-0.05, 0) is 40.8 Å². The smallest absolute Gasteiger partial charge is 0.247 e. The summed E-state index contributed by atoms with van der Waals surface area (Å²) < 4.78 is 10.9. The molecule has 1 aliphatic rings. The van der Waals surface area contributed by atoms with E-state index in [1.165, 1.54) is 11.0 Å². The molecule has 2 aromatic carbocycles. The Kier molecular flexibility index (Phi) is 7.78. The molecule has 0 radical (unpaired) electrons. The molecule has 3 aromatic rings. The Bertz CT molecular complexity index is 1160. The molecule has 0 aliphatic carbocycles. The van der Waals surface area contributed by atoms with E-state index < -0.39 is 0 Å². The van der Waals surface area contributed by atoms with Crippen LogP contribution in [0.1, 0.15) is 16.0 Å². The topological polar surface area (TPSA) is 59.1 Å². The molecule has 0 spiro atoms. The molecule has 2 heterocycles. The summed E-state index contributed by atoms with van der Waals surface area (Å²) in [6.45, 7) is 5.04. The zero-order valence-corrected chi connectivity index (χ0v) is 19.6. The van der Waals surface area contributed by atoms with Crippen LogP contribution in [0.5, 0.6) is 11.5 Å². The first-order valence-electron chi connectivity index (χ1n) is 10.9. The number of rotatable bonds is 10. The van der Waals surface area contributed by atoms with Gasteiger partial charge in [0, 0.05) is 24.0 Å². The van der Waals surface area contributed by atoms with Crippen molar-refractivity contribution in [2.24, 2.45) is 0 Å². The molecule has 0 atom stereocenters. The number of nitrogens with zero attached hydrogens (tertiary/aromatic N) is 2. The van der Waals surface area contributed by atoms with Gasteiger partial charge in [-0.1, -0.05) is 48.5 Å². The predicted molar refractivity (Wildman–Crippen MR) is 133 cm³/mol. The number of amides is 2. The molecule has 0 saturated carbocycles. The van der Waals surface area contributed by atoms with Crippen molar-refractivity contribution in [1.82, 2.24) is 9.80 Å². The molecule has 0 bridgehead atoms. The summed E-state index contributed by atoms with van der Waals surface area (Å²) in [5.41, 5.74) is 1.85. The fourth-order valence-corrected chi connectivity index (χ4v) is 4.29. The minimum absolute atomic E-state index is 0.0418. The molecule has 0 unspecified atom stereocenters. The Hall–Kier alpha value is -3.84. The Labute approximate surface area is 203 Å². The summed E-state index contributed by atoms with van der Waals surface area (Å²) in [7, 11) is 0. The Morgan fingerprint density at radius 2 is 1.79 bits per heavy atom. The highest BCUT2D eigenvalue weighted by Gasteiger charge is 2.22. The van der Waals surface area contributed by atoms with Gasteiger partial charge in [0.25, 0.3) is 0 Å². The van der Waals surface area contributed by atoms with Crippen LogP contribution in [0.3, 0.4) is 0 Å². The molecule has 6 nitrogen and oxygen atoms in total. The van der Waals surface area contributed by atoms with Gasteiger partial charge >= 0.3 is 0 Å². The van der Waals surface area contributed by atoms with E-state index in [9.17, 15) is 9.59 Å². The standard InChI is InChI=1S/C27H26N2O4S/c1-2-14-28(26(30)13-11-21-7-4-3-5-8-21)19-27(31)29(18-23-9-6-15-34-23)17-22-10-12-24-25(16-22)33-20-32-24/h2-13,15-16H,1,14,17-20H2/b13-11+. The lowest BCUT2D eigenvalue weighted by molar-refractivity contribution is -0.138. The van der Waals surface area contributed by atoms with E-state index in [1.807, 2.05) is 66.0 Å². The number of hydrogen-bond acceptors (Lipinski definition) is 5. The van der Waals surface area contributed by atoms with E-state index in [-0.39, 0.29) is 31.7 Å². The molecule has 34 heavy (non-hydrogen) atoms. The molecule has 2 amide bonds. The molecular formula is C27H26N2O4S. The summed E-state index contributed by atoms with van der Waals surface area (Å²) in [6, 6.07) is 19.2. The van der Waals surface area contributed by atoms with Crippen molar-refractivity contribution < 1.29 is 19.1 Å². The molecule has 4 rings (SSSR count). The summed E-state index contributed by atoms with van der Waals surface area (Å²) in [5, 5.41) is 1.99. The summed E-state index contributed by atoms with van der Waals surface area (Å²) in [5.74, 6) is 0.994. The molecule has 1 aromatic heterocycles. The second-order valence-corrected chi connectivity index (χ2v) is 8.80. The van der Waals surface area contributed by atoms with Crippen molar-refractivity contribution in [2.45, 2.75) is 13.1 Å². The van der Waals surface area contributed by atoms with Gasteiger partial charge in [0.2, 0.25) is 18.6 Å². The van der Waals surface area contributed by atoms with Crippen LogP contribution in [-0.4, -0.2) is 41.5 Å². The highest BCUT2D eigenvalue weighted by Crippen LogP contribution is 2.33. The van der Waals surface area contributed by atoms with E-state index in [4.69, 9.17) is 9.47 Å². The monoisotopic (exact) mass is 474 g/mol. The zero-order valence-electron chi connectivity index (χ0n) is 18.8. The molecule has 0 N–H and O–H groups in total. The Morgan fingerprint density at radius 3 is 2.56 bits per heavy atom. The predicted octanol–water partition coefficient (Wildman–Crippen LogP) is 4.73. The third kappa shape index (κ3) is 6.14. The largest absolute Gasteiger partial charge is 0.454 e. The van der Waals surface area contributed by atoms with Gasteiger partial charge < -0.3 is 19.3 Å². The van der Waals surface area contributed by atoms with Crippen LogP contribution in [-0.2, 0) is 22.7 Å². The van der Waals surface area contributed by atoms with Crippen molar-refractivity contribution in [2.75, 3.05) is 19.9 Å². The van der Waals surface area contributed by atoms with Crippen molar-refractivity contribution in [3.05, 3.63) is 101 Å². The van der Waals surface area contributed by atoms with Gasteiger partial charge in [0.15, 0.2) is 11.5 Å². The van der Waals surface area contributed by atoms with Gasteiger partial charge in [-0.2, -0.15) is 0 Å². The minimum Gasteiger partial charge on any atom is -0.454 e. The number of ether oxygens (including phenoxy) is 2. The van der Waals surface area contributed by atoms with Gasteiger partial charge in [-0.15, -0.1) is 17.9 Å². The van der Waals surface area contributed by atoms with Gasteiger partial charge in [-0.25, -0.2) is 0 Å². The molecule has 1 aliphatic heterocycles. The maximum absolute atomic E-state index is 13.4. The molecular weight excluding hydrogens is 448 g/mol. The van der Waals surface area contributed by atoms with Gasteiger partial charge in [0.1, 0.15) is 6.54 Å². The number of fused-ring (bicyclic) bond motifs is 1. The SMILES string of the molecule is C=CCN(CC(=O)N(Cc1ccc2c(c1)OCO2)Cc1cccs1)C(=O)/C=C/c1ccccc1. The lowest BCUT2D eigenvalue weighted by Gasteiger charge is -2.26. The fraction of sp³-hybridized carbons (Fsp3) is 0.185. The van der Waals surface area contributed by atoms with Crippen LogP contribution < -0.4 is 9.47 Å². The number of carbonyl (C=O) groups excluding carboxylic acids is 2. The average Bonchev–Trinajstić information content (AvgIpc) is 3.54.